The number of ether oxygens (including phenoxy) is 1. The fourth-order valence-electron chi connectivity index (χ4n) is 5.50. The molecule has 1 fully saturated rings. The molecule has 1 aromatic heterocycles. The van der Waals surface area contributed by atoms with E-state index < -0.39 is 11.3 Å². The summed E-state index contributed by atoms with van der Waals surface area (Å²) in [6, 6.07) is 17.1. The molecule has 0 saturated carbocycles. The summed E-state index contributed by atoms with van der Waals surface area (Å²) in [5.74, 6) is 0.662. The van der Waals surface area contributed by atoms with E-state index in [1.807, 2.05) is 43.3 Å². The second-order valence-corrected chi connectivity index (χ2v) is 11.2. The van der Waals surface area contributed by atoms with Gasteiger partial charge in [-0.05, 0) is 73.7 Å². The van der Waals surface area contributed by atoms with Crippen LogP contribution in [0.4, 0.5) is 4.39 Å². The van der Waals surface area contributed by atoms with E-state index >= 15 is 4.39 Å². The number of pyridine rings is 1. The Balaban J connectivity index is 1.37. The molecular weight excluding hydrogens is 487 g/mol. The van der Waals surface area contributed by atoms with Gasteiger partial charge in [0, 0.05) is 47.9 Å². The fraction of sp³-hybridized carbons (Fsp3) is 0.387. The molecule has 2 unspecified atom stereocenters. The lowest BCUT2D eigenvalue weighted by atomic mass is 9.78. The number of alkyl halides is 1. The molecule has 6 heteroatoms. The second-order valence-electron chi connectivity index (χ2n) is 10.8. The third kappa shape index (κ3) is 5.31. The summed E-state index contributed by atoms with van der Waals surface area (Å²) in [7, 11) is 0. The van der Waals surface area contributed by atoms with Gasteiger partial charge in [-0.1, -0.05) is 48.9 Å². The standard InChI is InChI=1S/C31H34ClFN2O2/c1-21-19-35(17-14-31(21,33)22-8-11-24(32)12-9-22)16-5-7-25-26-6-4-15-34-28(26)20-37-29-13-10-23(18-27(25)29)30(2,3)36/h4,6-13,15,18,21,36H,5,14,16-17,19-20H2,1-3H3. The molecule has 0 spiro atoms. The Bertz CT molecular complexity index is 1300. The summed E-state index contributed by atoms with van der Waals surface area (Å²) in [6.07, 6.45) is 5.30. The van der Waals surface area contributed by atoms with Crippen molar-refractivity contribution in [1.29, 1.82) is 0 Å². The zero-order chi connectivity index (χ0) is 26.2. The molecule has 0 amide bonds. The number of hydrogen-bond donors (Lipinski definition) is 1. The van der Waals surface area contributed by atoms with Gasteiger partial charge in [0.2, 0.25) is 0 Å². The van der Waals surface area contributed by atoms with Gasteiger partial charge >= 0.3 is 0 Å². The Kier molecular flexibility index (Phi) is 7.14. The van der Waals surface area contributed by atoms with Crippen LogP contribution in [0, 0.1) is 5.92 Å². The molecular formula is C31H34ClFN2O2. The van der Waals surface area contributed by atoms with E-state index in [4.69, 9.17) is 16.3 Å². The summed E-state index contributed by atoms with van der Waals surface area (Å²) in [6.45, 7) is 8.21. The molecule has 0 bridgehead atoms. The highest BCUT2D eigenvalue weighted by Gasteiger charge is 2.42. The van der Waals surface area contributed by atoms with Gasteiger partial charge < -0.3 is 14.7 Å². The monoisotopic (exact) mass is 520 g/mol. The first-order valence-corrected chi connectivity index (χ1v) is 13.3. The molecule has 5 rings (SSSR count). The number of rotatable bonds is 5. The first-order valence-electron chi connectivity index (χ1n) is 13.0. The van der Waals surface area contributed by atoms with Gasteiger partial charge in [-0.3, -0.25) is 4.98 Å². The maximum Gasteiger partial charge on any atom is 0.141 e. The molecule has 2 atom stereocenters. The number of likely N-dealkylation sites (tertiary alicyclic amines) is 1. The Morgan fingerprint density at radius 3 is 2.70 bits per heavy atom. The largest absolute Gasteiger partial charge is 0.487 e. The van der Waals surface area contributed by atoms with Crippen molar-refractivity contribution in [2.45, 2.75) is 51.5 Å². The molecule has 194 valence electrons. The number of halogens is 2. The number of benzene rings is 2. The second kappa shape index (κ2) is 10.2. The molecule has 1 N–H and O–H groups in total. The van der Waals surface area contributed by atoms with Gasteiger partial charge in [0.1, 0.15) is 18.0 Å². The zero-order valence-electron chi connectivity index (χ0n) is 21.7. The van der Waals surface area contributed by atoms with E-state index in [0.29, 0.717) is 36.7 Å². The lowest BCUT2D eigenvalue weighted by Gasteiger charge is -2.41. The van der Waals surface area contributed by atoms with Crippen LogP contribution in [0.25, 0.3) is 5.57 Å². The van der Waals surface area contributed by atoms with Crippen LogP contribution < -0.4 is 4.74 Å². The van der Waals surface area contributed by atoms with Crippen molar-refractivity contribution in [2.24, 2.45) is 5.92 Å². The van der Waals surface area contributed by atoms with Gasteiger partial charge in [0.15, 0.2) is 0 Å². The lowest BCUT2D eigenvalue weighted by Crippen LogP contribution is -2.46. The zero-order valence-corrected chi connectivity index (χ0v) is 22.4. The number of hydrogen-bond acceptors (Lipinski definition) is 4. The first kappa shape index (κ1) is 25.9. The number of aliphatic hydroxyl groups is 1. The van der Waals surface area contributed by atoms with Gasteiger partial charge in [-0.2, -0.15) is 0 Å². The molecule has 37 heavy (non-hydrogen) atoms. The average molecular weight is 521 g/mol. The van der Waals surface area contributed by atoms with Crippen LogP contribution in [0.3, 0.4) is 0 Å². The van der Waals surface area contributed by atoms with E-state index in [-0.39, 0.29) is 5.92 Å². The smallest absolute Gasteiger partial charge is 0.141 e. The van der Waals surface area contributed by atoms with Crippen molar-refractivity contribution in [3.8, 4) is 5.75 Å². The topological polar surface area (TPSA) is 45.6 Å². The summed E-state index contributed by atoms with van der Waals surface area (Å²) in [5, 5.41) is 11.3. The van der Waals surface area contributed by atoms with Gasteiger partial charge in [-0.25, -0.2) is 4.39 Å². The van der Waals surface area contributed by atoms with Crippen molar-refractivity contribution in [3.05, 3.63) is 99.8 Å². The highest BCUT2D eigenvalue weighted by molar-refractivity contribution is 6.30. The average Bonchev–Trinajstić information content (AvgIpc) is 3.03. The molecule has 3 heterocycles. The number of nitrogens with zero attached hydrogens (tertiary/aromatic N) is 2. The van der Waals surface area contributed by atoms with Crippen molar-refractivity contribution < 1.29 is 14.2 Å². The third-order valence-electron chi connectivity index (χ3n) is 7.74. The first-order chi connectivity index (χ1) is 17.6. The quantitative estimate of drug-likeness (QED) is 0.398. The van der Waals surface area contributed by atoms with E-state index in [2.05, 4.69) is 22.0 Å². The van der Waals surface area contributed by atoms with Crippen molar-refractivity contribution in [3.63, 3.8) is 0 Å². The Morgan fingerprint density at radius 2 is 1.97 bits per heavy atom. The predicted molar refractivity (Wildman–Crippen MR) is 146 cm³/mol. The van der Waals surface area contributed by atoms with Crippen LogP contribution in [0.15, 0.2) is 66.9 Å². The number of piperidine rings is 1. The van der Waals surface area contributed by atoms with E-state index in [1.165, 1.54) is 0 Å². The summed E-state index contributed by atoms with van der Waals surface area (Å²) >= 11 is 6.02. The highest BCUT2D eigenvalue weighted by atomic mass is 35.5. The van der Waals surface area contributed by atoms with Crippen molar-refractivity contribution in [2.75, 3.05) is 19.6 Å². The van der Waals surface area contributed by atoms with Crippen molar-refractivity contribution >= 4 is 17.2 Å². The van der Waals surface area contributed by atoms with Gasteiger partial charge in [0.05, 0.1) is 11.3 Å². The minimum absolute atomic E-state index is 0.124. The SMILES string of the molecule is CC1CN(CCC=C2c3cc(C(C)(C)O)ccc3OCc3ncccc32)CCC1(F)c1ccc(Cl)cc1. The van der Waals surface area contributed by atoms with Crippen LogP contribution in [-0.2, 0) is 17.9 Å². The Hall–Kier alpha value is -2.73. The summed E-state index contributed by atoms with van der Waals surface area (Å²) < 4.78 is 22.1. The van der Waals surface area contributed by atoms with Crippen molar-refractivity contribution in [1.82, 2.24) is 9.88 Å². The van der Waals surface area contributed by atoms with Crippen LogP contribution in [-0.4, -0.2) is 34.6 Å². The summed E-state index contributed by atoms with van der Waals surface area (Å²) in [5.41, 5.74) is 3.22. The van der Waals surface area contributed by atoms with Gasteiger partial charge in [-0.15, -0.1) is 0 Å². The maximum absolute atomic E-state index is 16.0. The molecule has 2 aliphatic rings. The van der Waals surface area contributed by atoms with E-state index in [0.717, 1.165) is 46.7 Å². The maximum atomic E-state index is 16.0. The molecule has 2 aromatic carbocycles. The van der Waals surface area contributed by atoms with Gasteiger partial charge in [0.25, 0.3) is 0 Å². The minimum Gasteiger partial charge on any atom is -0.487 e. The number of fused-ring (bicyclic) bond motifs is 2. The molecule has 1 saturated heterocycles. The normalized spacial score (nSPS) is 23.2. The minimum atomic E-state index is -1.34. The Morgan fingerprint density at radius 1 is 1.19 bits per heavy atom. The molecule has 3 aromatic rings. The molecule has 2 aliphatic heterocycles. The Labute approximate surface area is 223 Å². The highest BCUT2D eigenvalue weighted by Crippen LogP contribution is 2.42. The third-order valence-corrected chi connectivity index (χ3v) is 8.00. The van der Waals surface area contributed by atoms with Crippen LogP contribution in [0.2, 0.25) is 5.02 Å². The number of aromatic nitrogens is 1. The lowest BCUT2D eigenvalue weighted by molar-refractivity contribution is 0.00224. The van der Waals surface area contributed by atoms with Crippen LogP contribution >= 0.6 is 11.6 Å². The van der Waals surface area contributed by atoms with E-state index in [9.17, 15) is 5.11 Å². The van der Waals surface area contributed by atoms with E-state index in [1.54, 1.807) is 32.2 Å². The van der Waals surface area contributed by atoms with Crippen LogP contribution in [0.5, 0.6) is 5.75 Å². The molecule has 4 nitrogen and oxygen atoms in total. The fourth-order valence-corrected chi connectivity index (χ4v) is 5.62. The molecule has 0 aliphatic carbocycles. The molecule has 0 radical (unpaired) electrons. The summed E-state index contributed by atoms with van der Waals surface area (Å²) in [4.78, 5) is 6.91. The predicted octanol–water partition coefficient (Wildman–Crippen LogP) is 6.88. The van der Waals surface area contributed by atoms with Crippen LogP contribution in [0.1, 0.15) is 61.6 Å².